The number of nitrogens with zero attached hydrogens (tertiary/aromatic N) is 2. The van der Waals surface area contributed by atoms with Gasteiger partial charge in [-0.25, -0.2) is 9.97 Å². The quantitative estimate of drug-likeness (QED) is 0.911. The SMILES string of the molecule is CCNC(C)c1cnc(-c2ccc(C)c(Br)c2)nc1C. The van der Waals surface area contributed by atoms with E-state index in [9.17, 15) is 0 Å². The van der Waals surface area contributed by atoms with Gasteiger partial charge < -0.3 is 5.32 Å². The third-order valence-corrected chi connectivity index (χ3v) is 4.28. The molecule has 2 rings (SSSR count). The summed E-state index contributed by atoms with van der Waals surface area (Å²) in [5.41, 5.74) is 4.43. The number of hydrogen-bond donors (Lipinski definition) is 1. The average Bonchev–Trinajstić information content (AvgIpc) is 2.42. The molecule has 1 atom stereocenters. The highest BCUT2D eigenvalue weighted by molar-refractivity contribution is 9.10. The zero-order valence-corrected chi connectivity index (χ0v) is 14.0. The standard InChI is InChI=1S/C16H20BrN3/c1-5-18-11(3)14-9-19-16(20-12(14)4)13-7-6-10(2)15(17)8-13/h6-9,11,18H,5H2,1-4H3. The molecule has 0 saturated heterocycles. The van der Waals surface area contributed by atoms with Crippen molar-refractivity contribution in [2.24, 2.45) is 0 Å². The monoisotopic (exact) mass is 333 g/mol. The molecule has 1 aromatic carbocycles. The summed E-state index contributed by atoms with van der Waals surface area (Å²) in [6, 6.07) is 6.48. The van der Waals surface area contributed by atoms with Crippen LogP contribution in [-0.4, -0.2) is 16.5 Å². The van der Waals surface area contributed by atoms with Crippen molar-refractivity contribution in [3.63, 3.8) is 0 Å². The lowest BCUT2D eigenvalue weighted by molar-refractivity contribution is 0.590. The van der Waals surface area contributed by atoms with Gasteiger partial charge in [0, 0.05) is 33.5 Å². The number of nitrogens with one attached hydrogen (secondary N) is 1. The molecular formula is C16H20BrN3. The second-order valence-electron chi connectivity index (χ2n) is 4.98. The minimum atomic E-state index is 0.277. The molecule has 2 aromatic rings. The molecule has 0 radical (unpaired) electrons. The molecule has 106 valence electrons. The Hall–Kier alpha value is -1.26. The highest BCUT2D eigenvalue weighted by Gasteiger charge is 2.11. The third-order valence-electron chi connectivity index (χ3n) is 3.42. The highest BCUT2D eigenvalue weighted by atomic mass is 79.9. The molecule has 1 aromatic heterocycles. The van der Waals surface area contributed by atoms with E-state index in [0.29, 0.717) is 0 Å². The molecule has 0 aliphatic carbocycles. The van der Waals surface area contributed by atoms with E-state index < -0.39 is 0 Å². The van der Waals surface area contributed by atoms with Crippen LogP contribution >= 0.6 is 15.9 Å². The first-order valence-electron chi connectivity index (χ1n) is 6.86. The summed E-state index contributed by atoms with van der Waals surface area (Å²) in [7, 11) is 0. The van der Waals surface area contributed by atoms with E-state index >= 15 is 0 Å². The van der Waals surface area contributed by atoms with Gasteiger partial charge >= 0.3 is 0 Å². The Morgan fingerprint density at radius 1 is 1.30 bits per heavy atom. The fourth-order valence-electron chi connectivity index (χ4n) is 2.19. The van der Waals surface area contributed by atoms with Gasteiger partial charge in [0.25, 0.3) is 0 Å². The van der Waals surface area contributed by atoms with Crippen LogP contribution in [0.4, 0.5) is 0 Å². The van der Waals surface area contributed by atoms with Crippen LogP contribution in [0.15, 0.2) is 28.9 Å². The van der Waals surface area contributed by atoms with Gasteiger partial charge in [0.1, 0.15) is 0 Å². The molecule has 1 N–H and O–H groups in total. The zero-order valence-electron chi connectivity index (χ0n) is 12.4. The predicted octanol–water partition coefficient (Wildman–Crippen LogP) is 4.19. The molecule has 0 saturated carbocycles. The first kappa shape index (κ1) is 15.1. The summed E-state index contributed by atoms with van der Waals surface area (Å²) < 4.78 is 1.08. The van der Waals surface area contributed by atoms with Gasteiger partial charge in [0.2, 0.25) is 0 Å². The Balaban J connectivity index is 2.35. The number of halogens is 1. The summed E-state index contributed by atoms with van der Waals surface area (Å²) in [6.45, 7) is 9.29. The summed E-state index contributed by atoms with van der Waals surface area (Å²) >= 11 is 3.55. The van der Waals surface area contributed by atoms with Crippen LogP contribution in [0.5, 0.6) is 0 Å². The number of benzene rings is 1. The first-order valence-corrected chi connectivity index (χ1v) is 7.65. The minimum absolute atomic E-state index is 0.277. The van der Waals surface area contributed by atoms with Gasteiger partial charge in [-0.3, -0.25) is 0 Å². The van der Waals surface area contributed by atoms with Crippen LogP contribution in [0.1, 0.15) is 36.7 Å². The van der Waals surface area contributed by atoms with Crippen molar-refractivity contribution >= 4 is 15.9 Å². The van der Waals surface area contributed by atoms with E-state index in [2.05, 4.69) is 70.2 Å². The molecule has 0 bridgehead atoms. The fourth-order valence-corrected chi connectivity index (χ4v) is 2.57. The number of rotatable bonds is 4. The maximum atomic E-state index is 4.65. The highest BCUT2D eigenvalue weighted by Crippen LogP contribution is 2.24. The first-order chi connectivity index (χ1) is 9.52. The Morgan fingerprint density at radius 2 is 2.05 bits per heavy atom. The van der Waals surface area contributed by atoms with Crippen molar-refractivity contribution in [1.29, 1.82) is 0 Å². The van der Waals surface area contributed by atoms with Crippen LogP contribution in [0.25, 0.3) is 11.4 Å². The molecule has 4 heteroatoms. The van der Waals surface area contributed by atoms with Gasteiger partial charge in [0.05, 0.1) is 0 Å². The third kappa shape index (κ3) is 3.25. The second-order valence-corrected chi connectivity index (χ2v) is 5.83. The van der Waals surface area contributed by atoms with E-state index in [4.69, 9.17) is 0 Å². The molecule has 0 spiro atoms. The van der Waals surface area contributed by atoms with Crippen molar-refractivity contribution in [2.45, 2.75) is 33.7 Å². The van der Waals surface area contributed by atoms with Crippen LogP contribution < -0.4 is 5.32 Å². The zero-order chi connectivity index (χ0) is 14.7. The van der Waals surface area contributed by atoms with E-state index in [1.54, 1.807) is 0 Å². The smallest absolute Gasteiger partial charge is 0.159 e. The minimum Gasteiger partial charge on any atom is -0.310 e. The van der Waals surface area contributed by atoms with Gasteiger partial charge in [-0.05, 0) is 38.9 Å². The van der Waals surface area contributed by atoms with E-state index in [1.165, 1.54) is 5.56 Å². The Labute approximate surface area is 129 Å². The van der Waals surface area contributed by atoms with Crippen molar-refractivity contribution in [2.75, 3.05) is 6.54 Å². The molecule has 0 aliphatic rings. The predicted molar refractivity (Wildman–Crippen MR) is 86.7 cm³/mol. The Bertz CT molecular complexity index is 611. The lowest BCUT2D eigenvalue weighted by Crippen LogP contribution is -2.19. The van der Waals surface area contributed by atoms with E-state index in [0.717, 1.165) is 33.7 Å². The summed E-state index contributed by atoms with van der Waals surface area (Å²) in [6.07, 6.45) is 1.93. The lowest BCUT2D eigenvalue weighted by Gasteiger charge is -2.15. The van der Waals surface area contributed by atoms with Crippen molar-refractivity contribution in [1.82, 2.24) is 15.3 Å². The number of aryl methyl sites for hydroxylation is 2. The van der Waals surface area contributed by atoms with E-state index in [1.807, 2.05) is 13.1 Å². The van der Waals surface area contributed by atoms with Crippen LogP contribution in [0.2, 0.25) is 0 Å². The summed E-state index contributed by atoms with van der Waals surface area (Å²) in [5.74, 6) is 0.774. The maximum Gasteiger partial charge on any atom is 0.159 e. The fraction of sp³-hybridized carbons (Fsp3) is 0.375. The van der Waals surface area contributed by atoms with Gasteiger partial charge in [0.15, 0.2) is 5.82 Å². The van der Waals surface area contributed by atoms with Gasteiger partial charge in [-0.1, -0.05) is 35.0 Å². The normalized spacial score (nSPS) is 12.4. The van der Waals surface area contributed by atoms with Gasteiger partial charge in [-0.2, -0.15) is 0 Å². The van der Waals surface area contributed by atoms with Gasteiger partial charge in [-0.15, -0.1) is 0 Å². The molecule has 20 heavy (non-hydrogen) atoms. The topological polar surface area (TPSA) is 37.8 Å². The molecule has 0 aliphatic heterocycles. The average molecular weight is 334 g/mol. The number of hydrogen-bond acceptors (Lipinski definition) is 3. The van der Waals surface area contributed by atoms with Crippen LogP contribution in [-0.2, 0) is 0 Å². The largest absolute Gasteiger partial charge is 0.310 e. The second kappa shape index (κ2) is 6.46. The van der Waals surface area contributed by atoms with E-state index in [-0.39, 0.29) is 6.04 Å². The maximum absolute atomic E-state index is 4.65. The summed E-state index contributed by atoms with van der Waals surface area (Å²) in [4.78, 5) is 9.16. The van der Waals surface area contributed by atoms with Crippen LogP contribution in [0, 0.1) is 13.8 Å². The van der Waals surface area contributed by atoms with Crippen molar-refractivity contribution in [3.8, 4) is 11.4 Å². The molecular weight excluding hydrogens is 314 g/mol. The molecule has 3 nitrogen and oxygen atoms in total. The van der Waals surface area contributed by atoms with Crippen molar-refractivity contribution < 1.29 is 0 Å². The molecule has 1 unspecified atom stereocenters. The molecule has 0 amide bonds. The lowest BCUT2D eigenvalue weighted by atomic mass is 10.1. The van der Waals surface area contributed by atoms with Crippen LogP contribution in [0.3, 0.4) is 0 Å². The summed E-state index contributed by atoms with van der Waals surface area (Å²) in [5, 5.41) is 3.39. The van der Waals surface area contributed by atoms with Crippen molar-refractivity contribution in [3.05, 3.63) is 45.7 Å². The Morgan fingerprint density at radius 3 is 2.65 bits per heavy atom. The number of aromatic nitrogens is 2. The Kier molecular flexibility index (Phi) is 4.89. The molecule has 0 fully saturated rings. The molecule has 1 heterocycles.